The summed E-state index contributed by atoms with van der Waals surface area (Å²) in [6.07, 6.45) is 5.26. The second-order valence-corrected chi connectivity index (χ2v) is 5.54. The van der Waals surface area contributed by atoms with Gasteiger partial charge in [-0.25, -0.2) is 0 Å². The smallest absolute Gasteiger partial charge is 0.257 e. The summed E-state index contributed by atoms with van der Waals surface area (Å²) >= 11 is 0. The maximum absolute atomic E-state index is 12.5. The van der Waals surface area contributed by atoms with Crippen molar-refractivity contribution in [3.8, 4) is 0 Å². The van der Waals surface area contributed by atoms with Gasteiger partial charge in [-0.05, 0) is 48.6 Å². The quantitative estimate of drug-likeness (QED) is 0.732. The minimum atomic E-state index is -0.0644. The second-order valence-electron chi connectivity index (χ2n) is 5.54. The fourth-order valence-corrected chi connectivity index (χ4v) is 3.11. The number of rotatable bonds is 2. The van der Waals surface area contributed by atoms with Gasteiger partial charge in [0.2, 0.25) is 0 Å². The zero-order chi connectivity index (χ0) is 14.2. The SMILES string of the molecule is O=C(Nc1ccc2c(c1)CCC2)c1c[nH]c2ccccc12. The number of amides is 1. The van der Waals surface area contributed by atoms with Crippen LogP contribution < -0.4 is 5.32 Å². The first kappa shape index (κ1) is 12.2. The zero-order valence-corrected chi connectivity index (χ0v) is 11.6. The van der Waals surface area contributed by atoms with E-state index < -0.39 is 0 Å². The number of fused-ring (bicyclic) bond motifs is 2. The van der Waals surface area contributed by atoms with Gasteiger partial charge < -0.3 is 10.3 Å². The molecule has 3 aromatic rings. The number of anilines is 1. The molecule has 0 aliphatic heterocycles. The summed E-state index contributed by atoms with van der Waals surface area (Å²) in [7, 11) is 0. The van der Waals surface area contributed by atoms with Crippen molar-refractivity contribution in [2.24, 2.45) is 0 Å². The molecule has 0 saturated carbocycles. The molecule has 1 aliphatic carbocycles. The predicted octanol–water partition coefficient (Wildman–Crippen LogP) is 3.91. The summed E-state index contributed by atoms with van der Waals surface area (Å²) in [5.41, 5.74) is 5.33. The van der Waals surface area contributed by atoms with Gasteiger partial charge in [-0.2, -0.15) is 0 Å². The fourth-order valence-electron chi connectivity index (χ4n) is 3.11. The van der Waals surface area contributed by atoms with Crippen LogP contribution in [0.2, 0.25) is 0 Å². The maximum Gasteiger partial charge on any atom is 0.257 e. The van der Waals surface area contributed by atoms with E-state index in [-0.39, 0.29) is 5.91 Å². The van der Waals surface area contributed by atoms with Crippen LogP contribution in [-0.4, -0.2) is 10.9 Å². The summed E-state index contributed by atoms with van der Waals surface area (Å²) in [5.74, 6) is -0.0644. The zero-order valence-electron chi connectivity index (χ0n) is 11.6. The Morgan fingerprint density at radius 2 is 1.90 bits per heavy atom. The standard InChI is InChI=1S/C18H16N2O/c21-18(16-11-19-17-7-2-1-6-15(16)17)20-14-9-8-12-4-3-5-13(12)10-14/h1-2,6-11,19H,3-5H2,(H,20,21). The summed E-state index contributed by atoms with van der Waals surface area (Å²) in [5, 5.41) is 3.96. The molecule has 3 nitrogen and oxygen atoms in total. The third kappa shape index (κ3) is 2.11. The number of nitrogens with one attached hydrogen (secondary N) is 2. The van der Waals surface area contributed by atoms with E-state index in [9.17, 15) is 4.79 Å². The van der Waals surface area contributed by atoms with E-state index in [1.807, 2.05) is 30.3 Å². The molecule has 4 rings (SSSR count). The molecule has 1 aromatic heterocycles. The summed E-state index contributed by atoms with van der Waals surface area (Å²) < 4.78 is 0. The van der Waals surface area contributed by atoms with Crippen LogP contribution in [0.25, 0.3) is 10.9 Å². The highest BCUT2D eigenvalue weighted by molar-refractivity contribution is 6.12. The van der Waals surface area contributed by atoms with Crippen LogP contribution in [0, 0.1) is 0 Å². The van der Waals surface area contributed by atoms with E-state index in [0.717, 1.165) is 29.4 Å². The molecule has 3 heteroatoms. The van der Waals surface area contributed by atoms with Gasteiger partial charge in [0, 0.05) is 22.8 Å². The van der Waals surface area contributed by atoms with E-state index in [0.29, 0.717) is 5.56 Å². The monoisotopic (exact) mass is 276 g/mol. The molecule has 0 unspecified atom stereocenters. The van der Waals surface area contributed by atoms with E-state index in [1.54, 1.807) is 6.20 Å². The highest BCUT2D eigenvalue weighted by Gasteiger charge is 2.14. The average Bonchev–Trinajstić information content (AvgIpc) is 3.13. The Labute approximate surface area is 123 Å². The number of hydrogen-bond acceptors (Lipinski definition) is 1. The van der Waals surface area contributed by atoms with Crippen molar-refractivity contribution in [3.63, 3.8) is 0 Å². The molecule has 1 aliphatic rings. The molecule has 2 N–H and O–H groups in total. The first-order valence-corrected chi connectivity index (χ1v) is 7.30. The van der Waals surface area contributed by atoms with Crippen LogP contribution in [0.1, 0.15) is 27.9 Å². The van der Waals surface area contributed by atoms with Gasteiger partial charge in [-0.1, -0.05) is 24.3 Å². The Kier molecular flexibility index (Phi) is 2.78. The molecule has 0 spiro atoms. The molecule has 0 saturated heterocycles. The van der Waals surface area contributed by atoms with Crippen molar-refractivity contribution in [3.05, 3.63) is 65.4 Å². The topological polar surface area (TPSA) is 44.9 Å². The Morgan fingerprint density at radius 3 is 2.86 bits per heavy atom. The van der Waals surface area contributed by atoms with Crippen molar-refractivity contribution in [1.29, 1.82) is 0 Å². The van der Waals surface area contributed by atoms with Gasteiger partial charge in [0.05, 0.1) is 5.56 Å². The van der Waals surface area contributed by atoms with E-state index in [2.05, 4.69) is 22.4 Å². The Morgan fingerprint density at radius 1 is 1.05 bits per heavy atom. The molecular formula is C18H16N2O. The maximum atomic E-state index is 12.5. The molecule has 21 heavy (non-hydrogen) atoms. The number of hydrogen-bond donors (Lipinski definition) is 2. The number of para-hydroxylation sites is 1. The minimum absolute atomic E-state index is 0.0644. The predicted molar refractivity (Wildman–Crippen MR) is 84.7 cm³/mol. The van der Waals surface area contributed by atoms with Gasteiger partial charge in [-0.3, -0.25) is 4.79 Å². The van der Waals surface area contributed by atoms with Crippen LogP contribution in [0.15, 0.2) is 48.7 Å². The Hall–Kier alpha value is -2.55. The Bertz CT molecular complexity index is 832. The number of aryl methyl sites for hydroxylation is 2. The molecule has 0 radical (unpaired) electrons. The number of benzene rings is 2. The van der Waals surface area contributed by atoms with Crippen LogP contribution in [0.4, 0.5) is 5.69 Å². The molecule has 1 amide bonds. The lowest BCUT2D eigenvalue weighted by atomic mass is 10.1. The lowest BCUT2D eigenvalue weighted by Gasteiger charge is -2.07. The van der Waals surface area contributed by atoms with Crippen molar-refractivity contribution in [2.75, 3.05) is 5.32 Å². The van der Waals surface area contributed by atoms with Crippen LogP contribution in [0.5, 0.6) is 0 Å². The van der Waals surface area contributed by atoms with Crippen LogP contribution in [-0.2, 0) is 12.8 Å². The summed E-state index contributed by atoms with van der Waals surface area (Å²) in [6.45, 7) is 0. The van der Waals surface area contributed by atoms with Gasteiger partial charge >= 0.3 is 0 Å². The van der Waals surface area contributed by atoms with Gasteiger partial charge in [-0.15, -0.1) is 0 Å². The average molecular weight is 276 g/mol. The van der Waals surface area contributed by atoms with Gasteiger partial charge in [0.25, 0.3) is 5.91 Å². The first-order chi connectivity index (χ1) is 10.3. The highest BCUT2D eigenvalue weighted by Crippen LogP contribution is 2.25. The van der Waals surface area contributed by atoms with Crippen LogP contribution >= 0.6 is 0 Å². The Balaban J connectivity index is 1.63. The van der Waals surface area contributed by atoms with Crippen molar-refractivity contribution >= 4 is 22.5 Å². The molecule has 0 fully saturated rings. The van der Waals surface area contributed by atoms with Crippen molar-refractivity contribution < 1.29 is 4.79 Å². The van der Waals surface area contributed by atoms with E-state index >= 15 is 0 Å². The number of carbonyl (C=O) groups is 1. The lowest BCUT2D eigenvalue weighted by Crippen LogP contribution is -2.11. The number of aromatic nitrogens is 1. The second kappa shape index (κ2) is 4.77. The number of carbonyl (C=O) groups excluding carboxylic acids is 1. The number of aromatic amines is 1. The summed E-state index contributed by atoms with van der Waals surface area (Å²) in [4.78, 5) is 15.6. The first-order valence-electron chi connectivity index (χ1n) is 7.30. The summed E-state index contributed by atoms with van der Waals surface area (Å²) in [6, 6.07) is 14.1. The largest absolute Gasteiger partial charge is 0.360 e. The van der Waals surface area contributed by atoms with Crippen molar-refractivity contribution in [1.82, 2.24) is 4.98 Å². The normalized spacial score (nSPS) is 13.3. The molecule has 0 atom stereocenters. The van der Waals surface area contributed by atoms with Gasteiger partial charge in [0.15, 0.2) is 0 Å². The highest BCUT2D eigenvalue weighted by atomic mass is 16.1. The van der Waals surface area contributed by atoms with Gasteiger partial charge in [0.1, 0.15) is 0 Å². The minimum Gasteiger partial charge on any atom is -0.360 e. The number of H-pyrrole nitrogens is 1. The lowest BCUT2D eigenvalue weighted by molar-refractivity contribution is 0.102. The third-order valence-electron chi connectivity index (χ3n) is 4.19. The van der Waals surface area contributed by atoms with Crippen LogP contribution in [0.3, 0.4) is 0 Å². The van der Waals surface area contributed by atoms with Crippen molar-refractivity contribution in [2.45, 2.75) is 19.3 Å². The van der Waals surface area contributed by atoms with E-state index in [1.165, 1.54) is 17.5 Å². The molecule has 2 aromatic carbocycles. The molecule has 104 valence electrons. The van der Waals surface area contributed by atoms with E-state index in [4.69, 9.17) is 0 Å². The fraction of sp³-hybridized carbons (Fsp3) is 0.167. The molecule has 0 bridgehead atoms. The third-order valence-corrected chi connectivity index (χ3v) is 4.19. The molecule has 1 heterocycles. The molecular weight excluding hydrogens is 260 g/mol.